The highest BCUT2D eigenvalue weighted by molar-refractivity contribution is 5.69. The van der Waals surface area contributed by atoms with E-state index < -0.39 is 0 Å². The van der Waals surface area contributed by atoms with E-state index in [0.29, 0.717) is 19.4 Å². The van der Waals surface area contributed by atoms with Crippen molar-refractivity contribution in [2.75, 3.05) is 13.7 Å². The van der Waals surface area contributed by atoms with Gasteiger partial charge in [-0.1, -0.05) is 30.4 Å². The molecule has 0 aliphatic heterocycles. The van der Waals surface area contributed by atoms with Crippen LogP contribution in [-0.2, 0) is 9.53 Å². The Morgan fingerprint density at radius 1 is 1.35 bits per heavy atom. The third-order valence-corrected chi connectivity index (χ3v) is 2.26. The van der Waals surface area contributed by atoms with Crippen LogP contribution in [0.15, 0.2) is 30.3 Å². The fraction of sp³-hybridized carbons (Fsp3) is 0.357. The van der Waals surface area contributed by atoms with E-state index in [4.69, 9.17) is 9.47 Å². The molecule has 3 heteroatoms. The summed E-state index contributed by atoms with van der Waals surface area (Å²) < 4.78 is 10.1. The second-order valence-electron chi connectivity index (χ2n) is 3.49. The van der Waals surface area contributed by atoms with Crippen molar-refractivity contribution in [1.82, 2.24) is 0 Å². The van der Waals surface area contributed by atoms with Gasteiger partial charge in [0.25, 0.3) is 0 Å². The van der Waals surface area contributed by atoms with Crippen LogP contribution in [0.3, 0.4) is 0 Å². The van der Waals surface area contributed by atoms with Crippen molar-refractivity contribution in [3.63, 3.8) is 0 Å². The van der Waals surface area contributed by atoms with Gasteiger partial charge < -0.3 is 9.47 Å². The van der Waals surface area contributed by atoms with E-state index >= 15 is 0 Å². The first-order valence-corrected chi connectivity index (χ1v) is 5.73. The minimum atomic E-state index is -0.155. The van der Waals surface area contributed by atoms with Crippen LogP contribution >= 0.6 is 0 Å². The lowest BCUT2D eigenvalue weighted by molar-refractivity contribution is -0.142. The molecule has 0 radical (unpaired) electrons. The number of ether oxygens (including phenoxy) is 2. The highest BCUT2D eigenvalue weighted by atomic mass is 16.5. The maximum Gasteiger partial charge on any atom is 0.306 e. The van der Waals surface area contributed by atoms with Gasteiger partial charge in [0.15, 0.2) is 0 Å². The molecule has 0 saturated heterocycles. The van der Waals surface area contributed by atoms with Gasteiger partial charge in [-0.05, 0) is 19.4 Å². The van der Waals surface area contributed by atoms with E-state index in [1.807, 2.05) is 43.3 Å². The average Bonchev–Trinajstić information content (AvgIpc) is 2.35. The number of rotatable bonds is 6. The van der Waals surface area contributed by atoms with Crippen LogP contribution in [0.5, 0.6) is 5.75 Å². The summed E-state index contributed by atoms with van der Waals surface area (Å²) in [5.41, 5.74) is 1.01. The van der Waals surface area contributed by atoms with Crippen LogP contribution < -0.4 is 4.74 Å². The molecule has 1 aromatic carbocycles. The summed E-state index contributed by atoms with van der Waals surface area (Å²) in [5, 5.41) is 0. The molecular weight excluding hydrogens is 216 g/mol. The molecule has 0 amide bonds. The zero-order chi connectivity index (χ0) is 12.5. The van der Waals surface area contributed by atoms with Crippen molar-refractivity contribution >= 4 is 12.0 Å². The molecule has 1 rings (SSSR count). The molecule has 0 fully saturated rings. The summed E-state index contributed by atoms with van der Waals surface area (Å²) in [6.45, 7) is 2.25. The highest BCUT2D eigenvalue weighted by Crippen LogP contribution is 2.18. The van der Waals surface area contributed by atoms with Gasteiger partial charge in [0, 0.05) is 12.0 Å². The first kappa shape index (κ1) is 13.3. The van der Waals surface area contributed by atoms with Crippen LogP contribution in [-0.4, -0.2) is 19.7 Å². The zero-order valence-electron chi connectivity index (χ0n) is 10.3. The molecule has 0 heterocycles. The van der Waals surface area contributed by atoms with Crippen LogP contribution in [0.25, 0.3) is 6.08 Å². The summed E-state index contributed by atoms with van der Waals surface area (Å²) in [5.74, 6) is 0.678. The van der Waals surface area contributed by atoms with Crippen molar-refractivity contribution in [2.45, 2.75) is 19.8 Å². The molecule has 0 unspecified atom stereocenters. The number of allylic oxidation sites excluding steroid dienone is 1. The molecule has 3 nitrogen and oxygen atoms in total. The van der Waals surface area contributed by atoms with E-state index in [1.54, 1.807) is 7.11 Å². The minimum absolute atomic E-state index is 0.155. The van der Waals surface area contributed by atoms with E-state index in [-0.39, 0.29) is 5.97 Å². The number of carbonyl (C=O) groups is 1. The van der Waals surface area contributed by atoms with Crippen molar-refractivity contribution < 1.29 is 14.3 Å². The van der Waals surface area contributed by atoms with E-state index in [1.165, 1.54) is 0 Å². The second kappa shape index (κ2) is 7.49. The SMILES string of the molecule is CCOC(=O)CC/C=C/c1ccccc1OC. The van der Waals surface area contributed by atoms with Crippen molar-refractivity contribution in [1.29, 1.82) is 0 Å². The summed E-state index contributed by atoms with van der Waals surface area (Å²) in [7, 11) is 1.64. The van der Waals surface area contributed by atoms with Crippen molar-refractivity contribution in [3.8, 4) is 5.75 Å². The number of benzene rings is 1. The number of para-hydroxylation sites is 1. The van der Waals surface area contributed by atoms with Crippen molar-refractivity contribution in [3.05, 3.63) is 35.9 Å². The molecule has 1 aromatic rings. The lowest BCUT2D eigenvalue weighted by Crippen LogP contribution is -2.02. The fourth-order valence-electron chi connectivity index (χ4n) is 1.45. The van der Waals surface area contributed by atoms with Gasteiger partial charge in [-0.2, -0.15) is 0 Å². The van der Waals surface area contributed by atoms with Crippen LogP contribution in [0.2, 0.25) is 0 Å². The van der Waals surface area contributed by atoms with E-state index in [2.05, 4.69) is 0 Å². The monoisotopic (exact) mass is 234 g/mol. The normalized spacial score (nSPS) is 10.5. The number of hydrogen-bond donors (Lipinski definition) is 0. The zero-order valence-corrected chi connectivity index (χ0v) is 10.3. The maximum absolute atomic E-state index is 11.1. The standard InChI is InChI=1S/C14H18O3/c1-3-17-14(15)11-7-5-9-12-8-4-6-10-13(12)16-2/h4-6,8-10H,3,7,11H2,1-2H3/b9-5+. The fourth-order valence-corrected chi connectivity index (χ4v) is 1.45. The predicted octanol–water partition coefficient (Wildman–Crippen LogP) is 3.05. The quantitative estimate of drug-likeness (QED) is 0.710. The average molecular weight is 234 g/mol. The Bertz CT molecular complexity index is 383. The Morgan fingerprint density at radius 2 is 2.12 bits per heavy atom. The molecule has 0 aromatic heterocycles. The largest absolute Gasteiger partial charge is 0.496 e. The van der Waals surface area contributed by atoms with Gasteiger partial charge in [0.2, 0.25) is 0 Å². The van der Waals surface area contributed by atoms with Crippen LogP contribution in [0.4, 0.5) is 0 Å². The molecule has 0 N–H and O–H groups in total. The lowest BCUT2D eigenvalue weighted by Gasteiger charge is -2.03. The molecule has 0 aliphatic carbocycles. The summed E-state index contributed by atoms with van der Waals surface area (Å²) in [6, 6.07) is 7.76. The maximum atomic E-state index is 11.1. The Balaban J connectivity index is 2.45. The Morgan fingerprint density at radius 3 is 2.82 bits per heavy atom. The third kappa shape index (κ3) is 4.72. The van der Waals surface area contributed by atoms with E-state index in [0.717, 1.165) is 11.3 Å². The van der Waals surface area contributed by atoms with Gasteiger partial charge in [0.1, 0.15) is 5.75 Å². The smallest absolute Gasteiger partial charge is 0.306 e. The third-order valence-electron chi connectivity index (χ3n) is 2.26. The first-order chi connectivity index (χ1) is 8.27. The molecular formula is C14H18O3. The lowest BCUT2D eigenvalue weighted by atomic mass is 10.1. The van der Waals surface area contributed by atoms with Crippen LogP contribution in [0.1, 0.15) is 25.3 Å². The molecule has 0 aliphatic rings. The number of carbonyl (C=O) groups excluding carboxylic acids is 1. The first-order valence-electron chi connectivity index (χ1n) is 5.73. The summed E-state index contributed by atoms with van der Waals surface area (Å²) in [4.78, 5) is 11.1. The Labute approximate surface area is 102 Å². The number of esters is 1. The van der Waals surface area contributed by atoms with Gasteiger partial charge in [-0.15, -0.1) is 0 Å². The van der Waals surface area contributed by atoms with Gasteiger partial charge in [-0.25, -0.2) is 0 Å². The van der Waals surface area contributed by atoms with Crippen molar-refractivity contribution in [2.24, 2.45) is 0 Å². The van der Waals surface area contributed by atoms with Gasteiger partial charge >= 0.3 is 5.97 Å². The molecule has 0 spiro atoms. The molecule has 17 heavy (non-hydrogen) atoms. The molecule has 0 bridgehead atoms. The molecule has 0 saturated carbocycles. The number of methoxy groups -OCH3 is 1. The highest BCUT2D eigenvalue weighted by Gasteiger charge is 1.99. The predicted molar refractivity (Wildman–Crippen MR) is 67.9 cm³/mol. The minimum Gasteiger partial charge on any atom is -0.496 e. The van der Waals surface area contributed by atoms with E-state index in [9.17, 15) is 4.79 Å². The Hall–Kier alpha value is -1.77. The summed E-state index contributed by atoms with van der Waals surface area (Å²) in [6.07, 6.45) is 5.00. The second-order valence-corrected chi connectivity index (χ2v) is 3.49. The van der Waals surface area contributed by atoms with Crippen LogP contribution in [0, 0.1) is 0 Å². The summed E-state index contributed by atoms with van der Waals surface area (Å²) >= 11 is 0. The Kier molecular flexibility index (Phi) is 5.86. The molecule has 0 atom stereocenters. The number of hydrogen-bond acceptors (Lipinski definition) is 3. The topological polar surface area (TPSA) is 35.5 Å². The van der Waals surface area contributed by atoms with Gasteiger partial charge in [-0.3, -0.25) is 4.79 Å². The molecule has 92 valence electrons. The van der Waals surface area contributed by atoms with Gasteiger partial charge in [0.05, 0.1) is 13.7 Å².